The van der Waals surface area contributed by atoms with Crippen molar-refractivity contribution >= 4 is 11.7 Å². The predicted octanol–water partition coefficient (Wildman–Crippen LogP) is 4.01. The number of piperidine rings is 1. The molecule has 11 heteroatoms. The number of anilines is 1. The summed E-state index contributed by atoms with van der Waals surface area (Å²) in [6.07, 6.45) is 1.27. The van der Waals surface area contributed by atoms with Crippen molar-refractivity contribution in [2.75, 3.05) is 39.8 Å². The van der Waals surface area contributed by atoms with Crippen LogP contribution in [0.1, 0.15) is 37.8 Å². The molecule has 1 fully saturated rings. The number of rotatable bonds is 7. The summed E-state index contributed by atoms with van der Waals surface area (Å²) in [6, 6.07) is 1.21. The Balaban J connectivity index is 1.87. The Morgan fingerprint density at radius 3 is 2.57 bits per heavy atom. The molecule has 204 valence electrons. The molecule has 2 N–H and O–H groups in total. The van der Waals surface area contributed by atoms with Gasteiger partial charge in [0.1, 0.15) is 5.75 Å². The van der Waals surface area contributed by atoms with Crippen LogP contribution in [0.2, 0.25) is 0 Å². The van der Waals surface area contributed by atoms with E-state index in [1.807, 2.05) is 18.0 Å². The SMILES string of the molecule is CCO[C@]12C=CN3C[C@@H](CC)[C@@H](/C(=C\OC)C(=O)OC)C[C@H]3[C@@]1(O)Nc1cc(C(F)(F)F)cc(OC)c12. The van der Waals surface area contributed by atoms with E-state index in [9.17, 15) is 23.1 Å². The molecule has 1 saturated heterocycles. The number of fused-ring (bicyclic) bond motifs is 5. The molecular weight excluding hydrogens is 493 g/mol. The zero-order valence-corrected chi connectivity index (χ0v) is 21.5. The molecule has 0 bridgehead atoms. The van der Waals surface area contributed by atoms with Crippen molar-refractivity contribution < 1.29 is 42.0 Å². The average Bonchev–Trinajstić information content (AvgIpc) is 3.13. The van der Waals surface area contributed by atoms with Crippen LogP contribution in [0, 0.1) is 11.8 Å². The van der Waals surface area contributed by atoms with Crippen LogP contribution in [0.3, 0.4) is 0 Å². The standard InChI is InChI=1S/C26H33F3N2O6/c1-6-15-13-31-9-8-24(37-7-2)22-19(10-16(26(27,28)29)11-20(22)35-4)30-25(24,33)21(31)12-17(15)18(14-34-3)23(32)36-5/h8-11,14-15,17,21,30,33H,6-7,12-13H2,1-5H3/b18-14+/t15-,17+,21+,24+,25+/m1/s1. The number of esters is 1. The van der Waals surface area contributed by atoms with Crippen molar-refractivity contribution in [1.29, 1.82) is 0 Å². The lowest BCUT2D eigenvalue weighted by molar-refractivity contribution is -0.187. The largest absolute Gasteiger partial charge is 0.504 e. The molecule has 5 atom stereocenters. The maximum Gasteiger partial charge on any atom is 0.416 e. The van der Waals surface area contributed by atoms with E-state index in [1.54, 1.807) is 13.0 Å². The van der Waals surface area contributed by atoms with Crippen LogP contribution in [-0.4, -0.2) is 62.2 Å². The fraction of sp³-hybridized carbons (Fsp3) is 0.577. The summed E-state index contributed by atoms with van der Waals surface area (Å²) in [5.41, 5.74) is -3.61. The average molecular weight is 527 g/mol. The van der Waals surface area contributed by atoms with Crippen LogP contribution in [0.15, 0.2) is 36.2 Å². The molecule has 1 aromatic carbocycles. The number of hydrogen-bond donors (Lipinski definition) is 2. The Morgan fingerprint density at radius 1 is 1.27 bits per heavy atom. The summed E-state index contributed by atoms with van der Waals surface area (Å²) in [4.78, 5) is 14.6. The summed E-state index contributed by atoms with van der Waals surface area (Å²) in [7, 11) is 4.01. The topological polar surface area (TPSA) is 89.5 Å². The first-order chi connectivity index (χ1) is 17.5. The number of ether oxygens (including phenoxy) is 4. The van der Waals surface area contributed by atoms with E-state index in [4.69, 9.17) is 18.9 Å². The number of halogens is 3. The summed E-state index contributed by atoms with van der Waals surface area (Å²) in [5.74, 6) is -0.896. The monoisotopic (exact) mass is 526 g/mol. The molecule has 4 rings (SSSR count). The smallest absolute Gasteiger partial charge is 0.416 e. The van der Waals surface area contributed by atoms with E-state index in [1.165, 1.54) is 27.6 Å². The van der Waals surface area contributed by atoms with Gasteiger partial charge in [-0.05, 0) is 43.7 Å². The molecule has 37 heavy (non-hydrogen) atoms. The third-order valence-electron chi connectivity index (χ3n) is 7.75. The molecule has 1 aromatic rings. The fourth-order valence-electron chi connectivity index (χ4n) is 6.11. The molecule has 3 aliphatic rings. The summed E-state index contributed by atoms with van der Waals surface area (Å²) in [5, 5.41) is 15.4. The first-order valence-corrected chi connectivity index (χ1v) is 12.2. The fourth-order valence-corrected chi connectivity index (χ4v) is 6.11. The number of carbonyl (C=O) groups excluding carboxylic acids is 1. The second-order valence-electron chi connectivity index (χ2n) is 9.50. The molecule has 3 heterocycles. The van der Waals surface area contributed by atoms with E-state index >= 15 is 0 Å². The van der Waals surface area contributed by atoms with E-state index in [-0.39, 0.29) is 41.9 Å². The molecular formula is C26H33F3N2O6. The van der Waals surface area contributed by atoms with Gasteiger partial charge < -0.3 is 34.3 Å². The highest BCUT2D eigenvalue weighted by molar-refractivity contribution is 5.88. The minimum Gasteiger partial charge on any atom is -0.504 e. The van der Waals surface area contributed by atoms with E-state index in [0.29, 0.717) is 12.1 Å². The highest BCUT2D eigenvalue weighted by atomic mass is 19.4. The highest BCUT2D eigenvalue weighted by Crippen LogP contribution is 2.59. The predicted molar refractivity (Wildman–Crippen MR) is 129 cm³/mol. The number of methoxy groups -OCH3 is 3. The highest BCUT2D eigenvalue weighted by Gasteiger charge is 2.66. The van der Waals surface area contributed by atoms with Crippen LogP contribution in [0.5, 0.6) is 5.75 Å². The van der Waals surface area contributed by atoms with Crippen LogP contribution in [0.25, 0.3) is 0 Å². The van der Waals surface area contributed by atoms with E-state index < -0.39 is 35.1 Å². The van der Waals surface area contributed by atoms with Gasteiger partial charge in [-0.15, -0.1) is 0 Å². The number of alkyl halides is 3. The van der Waals surface area contributed by atoms with Gasteiger partial charge in [-0.25, -0.2) is 4.79 Å². The van der Waals surface area contributed by atoms with Crippen molar-refractivity contribution in [3.05, 3.63) is 47.4 Å². The zero-order chi connectivity index (χ0) is 27.2. The van der Waals surface area contributed by atoms with Crippen molar-refractivity contribution in [2.24, 2.45) is 11.8 Å². The van der Waals surface area contributed by atoms with Crippen LogP contribution < -0.4 is 10.1 Å². The number of benzene rings is 1. The Bertz CT molecular complexity index is 1110. The van der Waals surface area contributed by atoms with Gasteiger partial charge in [-0.2, -0.15) is 13.2 Å². The molecule has 0 aliphatic carbocycles. The molecule has 0 amide bonds. The van der Waals surface area contributed by atoms with Crippen LogP contribution in [-0.2, 0) is 30.8 Å². The number of aliphatic hydroxyl groups is 1. The van der Waals surface area contributed by atoms with Crippen LogP contribution in [0.4, 0.5) is 18.9 Å². The van der Waals surface area contributed by atoms with E-state index in [0.717, 1.165) is 18.6 Å². The normalized spacial score (nSPS) is 30.7. The van der Waals surface area contributed by atoms with Gasteiger partial charge in [-0.1, -0.05) is 13.3 Å². The van der Waals surface area contributed by atoms with Gasteiger partial charge in [0, 0.05) is 24.8 Å². The van der Waals surface area contributed by atoms with Gasteiger partial charge >= 0.3 is 12.1 Å². The van der Waals surface area contributed by atoms with Crippen molar-refractivity contribution in [2.45, 2.75) is 50.2 Å². The maximum absolute atomic E-state index is 13.7. The number of nitrogens with zero attached hydrogens (tertiary/aromatic N) is 1. The van der Waals surface area contributed by atoms with Gasteiger partial charge in [0.2, 0.25) is 0 Å². The minimum absolute atomic E-state index is 0.0275. The molecule has 0 aromatic heterocycles. The van der Waals surface area contributed by atoms with Crippen molar-refractivity contribution in [3.63, 3.8) is 0 Å². The van der Waals surface area contributed by atoms with Gasteiger partial charge in [0.15, 0.2) is 11.3 Å². The maximum atomic E-state index is 13.7. The first-order valence-electron chi connectivity index (χ1n) is 12.2. The van der Waals surface area contributed by atoms with Crippen molar-refractivity contribution in [3.8, 4) is 5.75 Å². The second-order valence-corrected chi connectivity index (χ2v) is 9.50. The van der Waals surface area contributed by atoms with Gasteiger partial charge in [-0.3, -0.25) is 0 Å². The van der Waals surface area contributed by atoms with E-state index in [2.05, 4.69) is 5.32 Å². The Hall–Kier alpha value is -2.92. The number of hydrogen-bond acceptors (Lipinski definition) is 8. The number of nitrogens with one attached hydrogen (secondary N) is 1. The third kappa shape index (κ3) is 4.12. The molecule has 8 nitrogen and oxygen atoms in total. The zero-order valence-electron chi connectivity index (χ0n) is 21.5. The van der Waals surface area contributed by atoms with Crippen molar-refractivity contribution in [1.82, 2.24) is 4.90 Å². The molecule has 0 spiro atoms. The lowest BCUT2D eigenvalue weighted by atomic mass is 9.69. The Morgan fingerprint density at radius 2 is 2.00 bits per heavy atom. The minimum atomic E-state index is -4.62. The van der Waals surface area contributed by atoms with Gasteiger partial charge in [0.05, 0.1) is 50.3 Å². The Kier molecular flexibility index (Phi) is 7.15. The third-order valence-corrected chi connectivity index (χ3v) is 7.75. The second kappa shape index (κ2) is 9.75. The first kappa shape index (κ1) is 27.1. The summed E-state index contributed by atoms with van der Waals surface area (Å²) >= 11 is 0. The molecule has 0 radical (unpaired) electrons. The molecule has 3 aliphatic heterocycles. The summed E-state index contributed by atoms with van der Waals surface area (Å²) < 4.78 is 62.9. The Labute approximate surface area is 214 Å². The lowest BCUT2D eigenvalue weighted by Gasteiger charge is -2.56. The lowest BCUT2D eigenvalue weighted by Crippen LogP contribution is -2.69. The molecule has 0 unspecified atom stereocenters. The van der Waals surface area contributed by atoms with Gasteiger partial charge in [0.25, 0.3) is 0 Å². The van der Waals surface area contributed by atoms with Crippen LogP contribution >= 0.6 is 0 Å². The summed E-state index contributed by atoms with van der Waals surface area (Å²) in [6.45, 7) is 4.42. The quantitative estimate of drug-likeness (QED) is 0.313. The number of carbonyl (C=O) groups is 1. The molecule has 0 saturated carbocycles.